The minimum atomic E-state index is -4.36. The molecule has 136 valence electrons. The Balaban J connectivity index is 1.82. The zero-order chi connectivity index (χ0) is 18.6. The number of carbonyl (C=O) groups is 1. The van der Waals surface area contributed by atoms with E-state index < -0.39 is 11.7 Å². The van der Waals surface area contributed by atoms with Crippen LogP contribution < -0.4 is 0 Å². The predicted molar refractivity (Wildman–Crippen MR) is 93.3 cm³/mol. The van der Waals surface area contributed by atoms with Gasteiger partial charge >= 0.3 is 6.18 Å². The van der Waals surface area contributed by atoms with E-state index in [-0.39, 0.29) is 5.91 Å². The quantitative estimate of drug-likeness (QED) is 0.765. The lowest BCUT2D eigenvalue weighted by Crippen LogP contribution is -2.39. The molecule has 1 heterocycles. The smallest absolute Gasteiger partial charge is 0.378 e. The number of morpholine rings is 1. The van der Waals surface area contributed by atoms with Crippen LogP contribution in [0.2, 0.25) is 0 Å². The Kier molecular flexibility index (Phi) is 5.42. The summed E-state index contributed by atoms with van der Waals surface area (Å²) in [7, 11) is 0. The number of alkyl halides is 3. The maximum atomic E-state index is 12.7. The third kappa shape index (κ3) is 4.32. The van der Waals surface area contributed by atoms with Crippen molar-refractivity contribution in [3.05, 3.63) is 65.7 Å². The highest BCUT2D eigenvalue weighted by Crippen LogP contribution is 2.32. The summed E-state index contributed by atoms with van der Waals surface area (Å²) in [5.41, 5.74) is 1.52. The molecule has 1 aliphatic rings. The van der Waals surface area contributed by atoms with Crippen LogP contribution in [0.5, 0.6) is 0 Å². The summed E-state index contributed by atoms with van der Waals surface area (Å²) in [6.07, 6.45) is -1.17. The molecule has 26 heavy (non-hydrogen) atoms. The second-order valence-corrected chi connectivity index (χ2v) is 5.93. The average molecular weight is 361 g/mol. The molecule has 0 atom stereocenters. The normalized spacial score (nSPS) is 15.4. The molecule has 2 aromatic carbocycles. The van der Waals surface area contributed by atoms with E-state index in [0.717, 1.165) is 23.3 Å². The number of halogens is 3. The standard InChI is InChI=1S/C20H18F3NO2/c21-20(22,23)17-8-5-16(6-9-17)18-4-2-1-3-15(18)7-10-19(25)24-11-13-26-14-12-24/h1-10H,11-14H2/b10-7+. The van der Waals surface area contributed by atoms with Gasteiger partial charge in [0.05, 0.1) is 18.8 Å². The van der Waals surface area contributed by atoms with Crippen LogP contribution in [-0.2, 0) is 15.7 Å². The van der Waals surface area contributed by atoms with Crippen molar-refractivity contribution < 1.29 is 22.7 Å². The molecule has 1 saturated heterocycles. The SMILES string of the molecule is O=C(/C=C/c1ccccc1-c1ccc(C(F)(F)F)cc1)N1CCOCC1. The number of nitrogens with zero attached hydrogens (tertiary/aromatic N) is 1. The van der Waals surface area contributed by atoms with E-state index >= 15 is 0 Å². The van der Waals surface area contributed by atoms with Gasteiger partial charge in [0, 0.05) is 19.2 Å². The molecular formula is C20H18F3NO2. The van der Waals surface area contributed by atoms with Gasteiger partial charge in [0.15, 0.2) is 0 Å². The van der Waals surface area contributed by atoms with Gasteiger partial charge < -0.3 is 9.64 Å². The molecule has 0 N–H and O–H groups in total. The summed E-state index contributed by atoms with van der Waals surface area (Å²) in [6.45, 7) is 2.18. The molecule has 0 bridgehead atoms. The average Bonchev–Trinajstić information content (AvgIpc) is 2.66. The third-order valence-corrected chi connectivity index (χ3v) is 4.21. The van der Waals surface area contributed by atoms with Crippen molar-refractivity contribution in [1.29, 1.82) is 0 Å². The number of ether oxygens (including phenoxy) is 1. The van der Waals surface area contributed by atoms with Crippen molar-refractivity contribution in [2.24, 2.45) is 0 Å². The zero-order valence-electron chi connectivity index (χ0n) is 14.0. The summed E-state index contributed by atoms with van der Waals surface area (Å²) < 4.78 is 43.4. The van der Waals surface area contributed by atoms with Gasteiger partial charge in [-0.15, -0.1) is 0 Å². The molecule has 0 saturated carbocycles. The van der Waals surface area contributed by atoms with Crippen LogP contribution in [0, 0.1) is 0 Å². The Morgan fingerprint density at radius 1 is 1.00 bits per heavy atom. The first-order chi connectivity index (χ1) is 12.4. The molecule has 2 aromatic rings. The number of benzene rings is 2. The summed E-state index contributed by atoms with van der Waals surface area (Å²) in [4.78, 5) is 13.9. The molecule has 1 aliphatic heterocycles. The third-order valence-electron chi connectivity index (χ3n) is 4.21. The van der Waals surface area contributed by atoms with Gasteiger partial charge in [-0.3, -0.25) is 4.79 Å². The molecule has 0 unspecified atom stereocenters. The van der Waals surface area contributed by atoms with Gasteiger partial charge in [0.25, 0.3) is 0 Å². The zero-order valence-corrected chi connectivity index (χ0v) is 14.0. The van der Waals surface area contributed by atoms with Crippen LogP contribution in [0.4, 0.5) is 13.2 Å². The second kappa shape index (κ2) is 7.74. The highest BCUT2D eigenvalue weighted by molar-refractivity contribution is 5.93. The van der Waals surface area contributed by atoms with Gasteiger partial charge in [0.1, 0.15) is 0 Å². The number of hydrogen-bond donors (Lipinski definition) is 0. The molecule has 3 rings (SSSR count). The van der Waals surface area contributed by atoms with Crippen molar-refractivity contribution in [2.75, 3.05) is 26.3 Å². The van der Waals surface area contributed by atoms with Crippen LogP contribution in [0.15, 0.2) is 54.6 Å². The largest absolute Gasteiger partial charge is 0.416 e. The van der Waals surface area contributed by atoms with Gasteiger partial charge in [-0.05, 0) is 34.9 Å². The van der Waals surface area contributed by atoms with E-state index in [1.54, 1.807) is 11.0 Å². The maximum absolute atomic E-state index is 12.7. The lowest BCUT2D eigenvalue weighted by atomic mass is 9.98. The summed E-state index contributed by atoms with van der Waals surface area (Å²) in [6, 6.07) is 12.3. The van der Waals surface area contributed by atoms with Crippen molar-refractivity contribution in [1.82, 2.24) is 4.90 Å². The first-order valence-corrected chi connectivity index (χ1v) is 8.26. The molecule has 0 spiro atoms. The van der Waals surface area contributed by atoms with E-state index in [2.05, 4.69) is 0 Å². The lowest BCUT2D eigenvalue weighted by Gasteiger charge is -2.25. The number of hydrogen-bond acceptors (Lipinski definition) is 2. The highest BCUT2D eigenvalue weighted by atomic mass is 19.4. The van der Waals surface area contributed by atoms with Crippen LogP contribution in [0.3, 0.4) is 0 Å². The summed E-state index contributed by atoms with van der Waals surface area (Å²) in [5.74, 6) is -0.101. The molecule has 6 heteroatoms. The molecule has 0 aliphatic carbocycles. The van der Waals surface area contributed by atoms with Crippen LogP contribution in [0.1, 0.15) is 11.1 Å². The number of amides is 1. The molecule has 3 nitrogen and oxygen atoms in total. The second-order valence-electron chi connectivity index (χ2n) is 5.93. The van der Waals surface area contributed by atoms with Gasteiger partial charge in [-0.25, -0.2) is 0 Å². The van der Waals surface area contributed by atoms with Crippen LogP contribution >= 0.6 is 0 Å². The summed E-state index contributed by atoms with van der Waals surface area (Å²) >= 11 is 0. The molecular weight excluding hydrogens is 343 g/mol. The fourth-order valence-electron chi connectivity index (χ4n) is 2.79. The predicted octanol–water partition coefficient (Wildman–Crippen LogP) is 4.24. The first-order valence-electron chi connectivity index (χ1n) is 8.26. The van der Waals surface area contributed by atoms with Crippen molar-refractivity contribution >= 4 is 12.0 Å². The molecule has 1 fully saturated rings. The fraction of sp³-hybridized carbons (Fsp3) is 0.250. The number of rotatable bonds is 3. The first kappa shape index (κ1) is 18.2. The highest BCUT2D eigenvalue weighted by Gasteiger charge is 2.30. The Morgan fingerprint density at radius 3 is 2.31 bits per heavy atom. The Labute approximate surface area is 149 Å². The van der Waals surface area contributed by atoms with Gasteiger partial charge in [-0.1, -0.05) is 36.4 Å². The Morgan fingerprint density at radius 2 is 1.65 bits per heavy atom. The monoisotopic (exact) mass is 361 g/mol. The molecule has 0 aromatic heterocycles. The number of carbonyl (C=O) groups excluding carboxylic acids is 1. The van der Waals surface area contributed by atoms with E-state index in [1.165, 1.54) is 18.2 Å². The lowest BCUT2D eigenvalue weighted by molar-refractivity contribution is -0.137. The Hall–Kier alpha value is -2.60. The Bertz CT molecular complexity index is 791. The van der Waals surface area contributed by atoms with Gasteiger partial charge in [-0.2, -0.15) is 13.2 Å². The molecule has 1 amide bonds. The maximum Gasteiger partial charge on any atom is 0.416 e. The van der Waals surface area contributed by atoms with E-state index in [9.17, 15) is 18.0 Å². The van der Waals surface area contributed by atoms with Crippen LogP contribution in [0.25, 0.3) is 17.2 Å². The van der Waals surface area contributed by atoms with Crippen molar-refractivity contribution in [3.63, 3.8) is 0 Å². The van der Waals surface area contributed by atoms with Crippen molar-refractivity contribution in [2.45, 2.75) is 6.18 Å². The van der Waals surface area contributed by atoms with E-state index in [0.29, 0.717) is 31.9 Å². The van der Waals surface area contributed by atoms with E-state index in [4.69, 9.17) is 4.74 Å². The minimum Gasteiger partial charge on any atom is -0.378 e. The minimum absolute atomic E-state index is 0.101. The van der Waals surface area contributed by atoms with Crippen LogP contribution in [-0.4, -0.2) is 37.1 Å². The van der Waals surface area contributed by atoms with Gasteiger partial charge in [0.2, 0.25) is 5.91 Å². The summed E-state index contributed by atoms with van der Waals surface area (Å²) in [5, 5.41) is 0. The van der Waals surface area contributed by atoms with Crippen molar-refractivity contribution in [3.8, 4) is 11.1 Å². The fourth-order valence-corrected chi connectivity index (χ4v) is 2.79. The molecule has 0 radical (unpaired) electrons. The van der Waals surface area contributed by atoms with E-state index in [1.807, 2.05) is 24.3 Å². The topological polar surface area (TPSA) is 29.5 Å².